The molecule has 2 heterocycles. The number of nitrogens with zero attached hydrogens (tertiary/aromatic N) is 2. The van der Waals surface area contributed by atoms with Crippen molar-refractivity contribution in [1.29, 1.82) is 0 Å². The summed E-state index contributed by atoms with van der Waals surface area (Å²) in [6, 6.07) is 11.0. The number of hydrogen-bond donors (Lipinski definition) is 1. The highest BCUT2D eigenvalue weighted by Gasteiger charge is 2.30. The van der Waals surface area contributed by atoms with E-state index in [1.807, 2.05) is 34.5 Å². The Labute approximate surface area is 170 Å². The van der Waals surface area contributed by atoms with Crippen molar-refractivity contribution >= 4 is 69.3 Å². The SMILES string of the molecule is O=C(c1cccs1)N1CCN(c2ccc(NC(=O)C(Cl)(Cl)Cl)cc2)CC1. The number of benzene rings is 1. The van der Waals surface area contributed by atoms with E-state index in [0.717, 1.165) is 23.7 Å². The third-order valence-corrected chi connectivity index (χ3v) is 5.42. The normalized spacial score (nSPS) is 15.0. The molecule has 138 valence electrons. The molecule has 0 aliphatic carbocycles. The summed E-state index contributed by atoms with van der Waals surface area (Å²) in [5.74, 6) is -0.611. The molecule has 1 aromatic carbocycles. The second-order valence-corrected chi connectivity index (χ2v) is 8.98. The van der Waals surface area contributed by atoms with Crippen molar-refractivity contribution in [3.63, 3.8) is 0 Å². The minimum Gasteiger partial charge on any atom is -0.368 e. The third-order valence-electron chi connectivity index (χ3n) is 4.05. The molecule has 0 atom stereocenters. The van der Waals surface area contributed by atoms with Gasteiger partial charge in [-0.2, -0.15) is 0 Å². The van der Waals surface area contributed by atoms with Gasteiger partial charge in [0.25, 0.3) is 15.6 Å². The lowest BCUT2D eigenvalue weighted by atomic mass is 10.2. The molecule has 2 aromatic rings. The first kappa shape index (κ1) is 19.3. The molecule has 0 bridgehead atoms. The van der Waals surface area contributed by atoms with Crippen LogP contribution < -0.4 is 10.2 Å². The van der Waals surface area contributed by atoms with Crippen molar-refractivity contribution in [3.8, 4) is 0 Å². The Kier molecular flexibility index (Phi) is 5.97. The van der Waals surface area contributed by atoms with Crippen LogP contribution in [-0.2, 0) is 4.79 Å². The van der Waals surface area contributed by atoms with E-state index in [-0.39, 0.29) is 5.91 Å². The lowest BCUT2D eigenvalue weighted by molar-refractivity contribution is -0.115. The topological polar surface area (TPSA) is 52.7 Å². The quantitative estimate of drug-likeness (QED) is 0.745. The van der Waals surface area contributed by atoms with Gasteiger partial charge in [-0.15, -0.1) is 11.3 Å². The lowest BCUT2D eigenvalue weighted by Crippen LogP contribution is -2.48. The fraction of sp³-hybridized carbons (Fsp3) is 0.294. The summed E-state index contributed by atoms with van der Waals surface area (Å²) in [5.41, 5.74) is 1.57. The van der Waals surface area contributed by atoms with Crippen LogP contribution in [0.5, 0.6) is 0 Å². The summed E-state index contributed by atoms with van der Waals surface area (Å²) in [7, 11) is 0. The Bertz CT molecular complexity index is 768. The van der Waals surface area contributed by atoms with Crippen LogP contribution in [-0.4, -0.2) is 46.7 Å². The van der Waals surface area contributed by atoms with E-state index in [1.165, 1.54) is 11.3 Å². The Morgan fingerprint density at radius 2 is 1.65 bits per heavy atom. The van der Waals surface area contributed by atoms with Crippen LogP contribution in [0.3, 0.4) is 0 Å². The van der Waals surface area contributed by atoms with E-state index < -0.39 is 9.70 Å². The first-order valence-corrected chi connectivity index (χ1v) is 9.92. The van der Waals surface area contributed by atoms with Crippen LogP contribution in [0.4, 0.5) is 11.4 Å². The van der Waals surface area contributed by atoms with Crippen LogP contribution in [0.25, 0.3) is 0 Å². The zero-order chi connectivity index (χ0) is 18.7. The highest BCUT2D eigenvalue weighted by molar-refractivity contribution is 7.12. The average molecular weight is 433 g/mol. The van der Waals surface area contributed by atoms with Gasteiger partial charge in [-0.25, -0.2) is 0 Å². The van der Waals surface area contributed by atoms with Crippen molar-refractivity contribution in [3.05, 3.63) is 46.7 Å². The van der Waals surface area contributed by atoms with Crippen LogP contribution >= 0.6 is 46.1 Å². The van der Waals surface area contributed by atoms with E-state index >= 15 is 0 Å². The maximum Gasteiger partial charge on any atom is 0.276 e. The van der Waals surface area contributed by atoms with Gasteiger partial charge >= 0.3 is 0 Å². The third kappa shape index (κ3) is 4.62. The molecule has 1 fully saturated rings. The summed E-state index contributed by atoms with van der Waals surface area (Å²) < 4.78 is -2.00. The highest BCUT2D eigenvalue weighted by Crippen LogP contribution is 2.28. The van der Waals surface area contributed by atoms with Gasteiger partial charge in [0, 0.05) is 37.6 Å². The van der Waals surface area contributed by atoms with E-state index in [4.69, 9.17) is 34.8 Å². The number of piperazine rings is 1. The van der Waals surface area contributed by atoms with Gasteiger partial charge in [0.2, 0.25) is 0 Å². The second-order valence-electron chi connectivity index (χ2n) is 5.76. The summed E-state index contributed by atoms with van der Waals surface area (Å²) in [6.45, 7) is 2.83. The summed E-state index contributed by atoms with van der Waals surface area (Å²) in [5, 5.41) is 4.45. The highest BCUT2D eigenvalue weighted by atomic mass is 35.6. The number of amides is 2. The molecule has 1 aliphatic rings. The Morgan fingerprint density at radius 1 is 1.00 bits per heavy atom. The van der Waals surface area contributed by atoms with Crippen LogP contribution in [0.1, 0.15) is 9.67 Å². The van der Waals surface area contributed by atoms with E-state index in [1.54, 1.807) is 12.1 Å². The van der Waals surface area contributed by atoms with E-state index in [2.05, 4.69) is 10.2 Å². The van der Waals surface area contributed by atoms with Gasteiger partial charge in [-0.05, 0) is 35.7 Å². The lowest BCUT2D eigenvalue weighted by Gasteiger charge is -2.36. The van der Waals surface area contributed by atoms with Gasteiger partial charge in [0.05, 0.1) is 4.88 Å². The largest absolute Gasteiger partial charge is 0.368 e. The zero-order valence-electron chi connectivity index (χ0n) is 13.6. The molecular formula is C17H16Cl3N3O2S. The molecule has 0 spiro atoms. The van der Waals surface area contributed by atoms with Gasteiger partial charge in [0.15, 0.2) is 0 Å². The number of anilines is 2. The van der Waals surface area contributed by atoms with Crippen molar-refractivity contribution in [2.24, 2.45) is 0 Å². The Morgan fingerprint density at radius 3 is 2.19 bits per heavy atom. The molecule has 0 unspecified atom stereocenters. The first-order valence-electron chi connectivity index (χ1n) is 7.90. The number of rotatable bonds is 3. The Hall–Kier alpha value is -1.47. The van der Waals surface area contributed by atoms with Crippen LogP contribution in [0.2, 0.25) is 0 Å². The molecule has 9 heteroatoms. The molecule has 1 aromatic heterocycles. The standard InChI is InChI=1S/C17H16Cl3N3O2S/c18-17(19,20)16(25)21-12-3-5-13(6-4-12)22-7-9-23(10-8-22)15(24)14-2-1-11-26-14/h1-6,11H,7-10H2,(H,21,25). The molecule has 1 aliphatic heterocycles. The zero-order valence-corrected chi connectivity index (χ0v) is 16.7. The van der Waals surface area contributed by atoms with Crippen molar-refractivity contribution < 1.29 is 9.59 Å². The van der Waals surface area contributed by atoms with Gasteiger partial charge in [-0.1, -0.05) is 40.9 Å². The number of carbonyl (C=O) groups is 2. The van der Waals surface area contributed by atoms with E-state index in [9.17, 15) is 9.59 Å². The van der Waals surface area contributed by atoms with Crippen LogP contribution in [0.15, 0.2) is 41.8 Å². The smallest absolute Gasteiger partial charge is 0.276 e. The van der Waals surface area contributed by atoms with Crippen molar-refractivity contribution in [1.82, 2.24) is 4.90 Å². The van der Waals surface area contributed by atoms with Gasteiger partial charge in [0.1, 0.15) is 0 Å². The fourth-order valence-electron chi connectivity index (χ4n) is 2.68. The number of thiophene rings is 1. The maximum absolute atomic E-state index is 12.4. The molecular weight excluding hydrogens is 417 g/mol. The molecule has 3 rings (SSSR count). The van der Waals surface area contributed by atoms with Gasteiger partial charge in [-0.3, -0.25) is 9.59 Å². The van der Waals surface area contributed by atoms with Crippen LogP contribution in [0, 0.1) is 0 Å². The monoisotopic (exact) mass is 431 g/mol. The Balaban J connectivity index is 1.56. The molecule has 0 radical (unpaired) electrons. The molecule has 2 amide bonds. The number of carbonyl (C=O) groups excluding carboxylic acids is 2. The fourth-order valence-corrected chi connectivity index (χ4v) is 3.51. The molecule has 1 N–H and O–H groups in total. The van der Waals surface area contributed by atoms with Crippen molar-refractivity contribution in [2.45, 2.75) is 3.79 Å². The molecule has 0 saturated carbocycles. The minimum atomic E-state index is -2.00. The second kappa shape index (κ2) is 8.05. The summed E-state index contributed by atoms with van der Waals surface area (Å²) in [6.07, 6.45) is 0. The molecule has 1 saturated heterocycles. The van der Waals surface area contributed by atoms with E-state index in [0.29, 0.717) is 18.8 Å². The number of nitrogens with one attached hydrogen (secondary N) is 1. The molecule has 5 nitrogen and oxygen atoms in total. The van der Waals surface area contributed by atoms with Crippen molar-refractivity contribution in [2.75, 3.05) is 36.4 Å². The first-order chi connectivity index (χ1) is 12.3. The minimum absolute atomic E-state index is 0.0874. The predicted molar refractivity (Wildman–Crippen MR) is 108 cm³/mol. The number of halogens is 3. The molecule has 26 heavy (non-hydrogen) atoms. The van der Waals surface area contributed by atoms with Gasteiger partial charge < -0.3 is 15.1 Å². The summed E-state index contributed by atoms with van der Waals surface area (Å²) in [4.78, 5) is 28.9. The average Bonchev–Trinajstić information content (AvgIpc) is 3.16. The number of hydrogen-bond acceptors (Lipinski definition) is 4. The maximum atomic E-state index is 12.4. The summed E-state index contributed by atoms with van der Waals surface area (Å²) >= 11 is 18.1. The number of alkyl halides is 3. The predicted octanol–water partition coefficient (Wildman–Crippen LogP) is 4.02.